The third-order valence-corrected chi connectivity index (χ3v) is 2.27. The fourth-order valence-corrected chi connectivity index (χ4v) is 1.66. The molecule has 0 aliphatic carbocycles. The fraction of sp³-hybridized carbons (Fsp3) is 0.250. The van der Waals surface area contributed by atoms with Crippen molar-refractivity contribution in [1.29, 1.82) is 0 Å². The highest BCUT2D eigenvalue weighted by Gasteiger charge is 2.19. The van der Waals surface area contributed by atoms with Gasteiger partial charge >= 0.3 is 0 Å². The molecule has 62 valence electrons. The van der Waals surface area contributed by atoms with Crippen molar-refractivity contribution in [3.8, 4) is 0 Å². The molecule has 2 heterocycles. The first-order valence-corrected chi connectivity index (χ1v) is 4.53. The third kappa shape index (κ3) is 1.38. The van der Waals surface area contributed by atoms with Gasteiger partial charge in [-0.15, -0.1) is 11.3 Å². The first-order valence-electron chi connectivity index (χ1n) is 3.59. The molecule has 4 heteroatoms. The van der Waals surface area contributed by atoms with Gasteiger partial charge in [0.05, 0.1) is 23.9 Å². The highest BCUT2D eigenvalue weighted by molar-refractivity contribution is 7.07. The highest BCUT2D eigenvalue weighted by atomic mass is 32.1. The summed E-state index contributed by atoms with van der Waals surface area (Å²) in [5.74, 6) is 0.0965. The van der Waals surface area contributed by atoms with Crippen LogP contribution in [0.1, 0.15) is 18.2 Å². The number of ketones is 1. The minimum atomic E-state index is -0.172. The Bertz CT molecular complexity index is 305. The number of carbonyl (C=O) groups is 1. The van der Waals surface area contributed by atoms with E-state index in [1.807, 2.05) is 5.38 Å². The average molecular weight is 181 g/mol. The second-order valence-corrected chi connectivity index (χ2v) is 3.23. The number of hydrogen-bond donors (Lipinski definition) is 0. The summed E-state index contributed by atoms with van der Waals surface area (Å²) in [6.45, 7) is 0. The first kappa shape index (κ1) is 7.49. The van der Waals surface area contributed by atoms with Crippen LogP contribution in [0.5, 0.6) is 0 Å². The zero-order valence-corrected chi connectivity index (χ0v) is 7.08. The molecule has 0 amide bonds. The fourth-order valence-electron chi connectivity index (χ4n) is 1.06. The molecule has 1 aromatic rings. The molecule has 0 saturated carbocycles. The molecular formula is C8H7NO2S. The largest absolute Gasteiger partial charge is 0.491 e. The van der Waals surface area contributed by atoms with Crippen LogP contribution in [-0.2, 0) is 9.53 Å². The van der Waals surface area contributed by atoms with Gasteiger partial charge in [-0.05, 0) is 0 Å². The standard InChI is InChI=1S/C8H7NO2S/c10-6-1-2-11-8(3-6)7-4-12-5-9-7/h1-2,4-5,8H,3H2. The molecule has 0 fully saturated rings. The van der Waals surface area contributed by atoms with Gasteiger partial charge in [0, 0.05) is 11.5 Å². The van der Waals surface area contributed by atoms with Crippen molar-refractivity contribution in [2.45, 2.75) is 12.5 Å². The van der Waals surface area contributed by atoms with Crippen molar-refractivity contribution in [3.05, 3.63) is 28.9 Å². The summed E-state index contributed by atoms with van der Waals surface area (Å²) in [5.41, 5.74) is 2.58. The van der Waals surface area contributed by atoms with Gasteiger partial charge in [-0.3, -0.25) is 4.79 Å². The number of ether oxygens (including phenoxy) is 1. The molecule has 2 rings (SSSR count). The van der Waals surface area contributed by atoms with Gasteiger partial charge in [0.2, 0.25) is 0 Å². The second kappa shape index (κ2) is 3.06. The van der Waals surface area contributed by atoms with Crippen LogP contribution in [0.25, 0.3) is 0 Å². The maximum Gasteiger partial charge on any atom is 0.162 e. The van der Waals surface area contributed by atoms with Crippen molar-refractivity contribution in [2.24, 2.45) is 0 Å². The van der Waals surface area contributed by atoms with Gasteiger partial charge in [-0.1, -0.05) is 0 Å². The third-order valence-electron chi connectivity index (χ3n) is 1.66. The lowest BCUT2D eigenvalue weighted by Crippen LogP contribution is -2.11. The Kier molecular flexibility index (Phi) is 1.91. The molecule has 0 bridgehead atoms. The van der Waals surface area contributed by atoms with E-state index in [2.05, 4.69) is 4.98 Å². The van der Waals surface area contributed by atoms with Gasteiger partial charge in [0.1, 0.15) is 6.10 Å². The van der Waals surface area contributed by atoms with Crippen molar-refractivity contribution in [2.75, 3.05) is 0 Å². The maximum atomic E-state index is 11.0. The van der Waals surface area contributed by atoms with Gasteiger partial charge < -0.3 is 4.74 Å². The number of carbonyl (C=O) groups excluding carboxylic acids is 1. The van der Waals surface area contributed by atoms with E-state index >= 15 is 0 Å². The van der Waals surface area contributed by atoms with Crippen LogP contribution >= 0.6 is 11.3 Å². The summed E-state index contributed by atoms with van der Waals surface area (Å²) in [5, 5.41) is 1.90. The molecule has 0 radical (unpaired) electrons. The number of aromatic nitrogens is 1. The van der Waals surface area contributed by atoms with Crippen LogP contribution < -0.4 is 0 Å². The number of nitrogens with zero attached hydrogens (tertiary/aromatic N) is 1. The molecule has 3 nitrogen and oxygen atoms in total. The van der Waals surface area contributed by atoms with Crippen LogP contribution in [0.3, 0.4) is 0 Å². The summed E-state index contributed by atoms with van der Waals surface area (Å²) >= 11 is 1.51. The maximum absolute atomic E-state index is 11.0. The van der Waals surface area contributed by atoms with Gasteiger partial charge in [-0.25, -0.2) is 4.98 Å². The molecule has 0 aromatic carbocycles. The summed E-state index contributed by atoms with van der Waals surface area (Å²) < 4.78 is 5.24. The lowest BCUT2D eigenvalue weighted by atomic mass is 10.1. The molecule has 1 aliphatic rings. The van der Waals surface area contributed by atoms with Crippen LogP contribution in [0.2, 0.25) is 0 Å². The average Bonchev–Trinajstić information content (AvgIpc) is 2.56. The summed E-state index contributed by atoms with van der Waals surface area (Å²) in [6, 6.07) is 0. The Labute approximate surface area is 73.7 Å². The predicted octanol–water partition coefficient (Wildman–Crippen LogP) is 1.69. The number of thiazole rings is 1. The molecule has 12 heavy (non-hydrogen) atoms. The quantitative estimate of drug-likeness (QED) is 0.661. The first-order chi connectivity index (χ1) is 5.86. The minimum absolute atomic E-state index is 0.0965. The van der Waals surface area contributed by atoms with E-state index < -0.39 is 0 Å². The Morgan fingerprint density at radius 1 is 1.67 bits per heavy atom. The van der Waals surface area contributed by atoms with E-state index in [0.29, 0.717) is 6.42 Å². The Balaban J connectivity index is 2.17. The molecule has 0 saturated heterocycles. The molecule has 1 atom stereocenters. The molecule has 1 unspecified atom stereocenters. The smallest absolute Gasteiger partial charge is 0.162 e. The van der Waals surface area contributed by atoms with Crippen LogP contribution in [0.15, 0.2) is 23.2 Å². The highest BCUT2D eigenvalue weighted by Crippen LogP contribution is 2.24. The van der Waals surface area contributed by atoms with Crippen LogP contribution in [0, 0.1) is 0 Å². The summed E-state index contributed by atoms with van der Waals surface area (Å²) in [4.78, 5) is 15.1. The monoisotopic (exact) mass is 181 g/mol. The lowest BCUT2D eigenvalue weighted by Gasteiger charge is -2.15. The topological polar surface area (TPSA) is 39.2 Å². The Morgan fingerprint density at radius 2 is 2.58 bits per heavy atom. The zero-order valence-electron chi connectivity index (χ0n) is 6.27. The van der Waals surface area contributed by atoms with E-state index in [1.54, 1.807) is 5.51 Å². The van der Waals surface area contributed by atoms with Crippen LogP contribution in [0.4, 0.5) is 0 Å². The Morgan fingerprint density at radius 3 is 3.25 bits per heavy atom. The van der Waals surface area contributed by atoms with Gasteiger partial charge in [-0.2, -0.15) is 0 Å². The summed E-state index contributed by atoms with van der Waals surface area (Å²) in [6.07, 6.45) is 3.12. The Hall–Kier alpha value is -1.16. The normalized spacial score (nSPS) is 22.3. The summed E-state index contributed by atoms with van der Waals surface area (Å²) in [7, 11) is 0. The number of allylic oxidation sites excluding steroid dienone is 1. The van der Waals surface area contributed by atoms with Crippen LogP contribution in [-0.4, -0.2) is 10.8 Å². The van der Waals surface area contributed by atoms with Gasteiger partial charge in [0.25, 0.3) is 0 Å². The molecular weight excluding hydrogens is 174 g/mol. The number of hydrogen-bond acceptors (Lipinski definition) is 4. The molecule has 0 N–H and O–H groups in total. The second-order valence-electron chi connectivity index (χ2n) is 2.51. The molecule has 1 aliphatic heterocycles. The SMILES string of the molecule is O=C1C=COC(c2cscn2)C1. The minimum Gasteiger partial charge on any atom is -0.491 e. The zero-order chi connectivity index (χ0) is 8.39. The van der Waals surface area contributed by atoms with Crippen molar-refractivity contribution in [1.82, 2.24) is 4.98 Å². The van der Waals surface area contributed by atoms with Crippen molar-refractivity contribution < 1.29 is 9.53 Å². The molecule has 0 spiro atoms. The van der Waals surface area contributed by atoms with Crippen molar-refractivity contribution in [3.63, 3.8) is 0 Å². The van der Waals surface area contributed by atoms with Crippen molar-refractivity contribution >= 4 is 17.1 Å². The molecule has 1 aromatic heterocycles. The van der Waals surface area contributed by atoms with E-state index in [4.69, 9.17) is 4.74 Å². The van der Waals surface area contributed by atoms with E-state index in [-0.39, 0.29) is 11.9 Å². The van der Waals surface area contributed by atoms with E-state index in [1.165, 1.54) is 23.7 Å². The van der Waals surface area contributed by atoms with E-state index in [0.717, 1.165) is 5.69 Å². The number of rotatable bonds is 1. The lowest BCUT2D eigenvalue weighted by molar-refractivity contribution is -0.118. The predicted molar refractivity (Wildman–Crippen MR) is 44.7 cm³/mol. The van der Waals surface area contributed by atoms with E-state index in [9.17, 15) is 4.79 Å². The van der Waals surface area contributed by atoms with Gasteiger partial charge in [0.15, 0.2) is 5.78 Å².